The minimum atomic E-state index is 0.670. The molecule has 0 radical (unpaired) electrons. The van der Waals surface area contributed by atoms with E-state index in [4.69, 9.17) is 4.98 Å². The summed E-state index contributed by atoms with van der Waals surface area (Å²) in [7, 11) is 0. The van der Waals surface area contributed by atoms with Gasteiger partial charge in [0, 0.05) is 12.1 Å². The maximum atomic E-state index is 4.88. The number of nitrogens with zero attached hydrogens (tertiary/aromatic N) is 2. The van der Waals surface area contributed by atoms with Gasteiger partial charge in [-0.05, 0) is 65.2 Å². The summed E-state index contributed by atoms with van der Waals surface area (Å²) in [5.41, 5.74) is 3.87. The molecule has 4 rings (SSSR count). The molecule has 0 unspecified atom stereocenters. The van der Waals surface area contributed by atoms with Gasteiger partial charge < -0.3 is 0 Å². The van der Waals surface area contributed by atoms with E-state index in [0.717, 1.165) is 11.6 Å². The number of hydrogen-bond acceptors (Lipinski definition) is 1. The number of imidazole rings is 1. The van der Waals surface area contributed by atoms with E-state index in [1.165, 1.54) is 54.4 Å². The van der Waals surface area contributed by atoms with Crippen molar-refractivity contribution < 1.29 is 0 Å². The number of rotatable bonds is 2. The third-order valence-electron chi connectivity index (χ3n) is 4.41. The molecule has 0 spiro atoms. The van der Waals surface area contributed by atoms with Gasteiger partial charge in [-0.1, -0.05) is 12.8 Å². The van der Waals surface area contributed by atoms with Crippen LogP contribution in [0.1, 0.15) is 61.6 Å². The Morgan fingerprint density at radius 1 is 1.11 bits per heavy atom. The predicted molar refractivity (Wildman–Crippen MR) is 76.1 cm³/mol. The van der Waals surface area contributed by atoms with E-state index in [-0.39, 0.29) is 0 Å². The van der Waals surface area contributed by atoms with E-state index in [9.17, 15) is 0 Å². The number of aromatic nitrogens is 2. The second kappa shape index (κ2) is 4.09. The van der Waals surface area contributed by atoms with Crippen molar-refractivity contribution in [1.82, 2.24) is 9.38 Å². The van der Waals surface area contributed by atoms with Gasteiger partial charge in [-0.25, -0.2) is 4.98 Å². The summed E-state index contributed by atoms with van der Waals surface area (Å²) >= 11 is 3.74. The van der Waals surface area contributed by atoms with E-state index in [2.05, 4.69) is 38.7 Å². The molecule has 2 heterocycles. The molecule has 2 aliphatic carbocycles. The molecule has 0 aromatic carbocycles. The summed E-state index contributed by atoms with van der Waals surface area (Å²) in [6.45, 7) is 0. The van der Waals surface area contributed by atoms with Crippen LogP contribution in [0, 0.1) is 0 Å². The van der Waals surface area contributed by atoms with Crippen molar-refractivity contribution in [1.29, 1.82) is 0 Å². The molecule has 2 nitrogen and oxygen atoms in total. The molecule has 94 valence electrons. The highest BCUT2D eigenvalue weighted by Crippen LogP contribution is 2.41. The lowest BCUT2D eigenvalue weighted by molar-refractivity contribution is 0.699. The molecule has 2 aromatic heterocycles. The minimum absolute atomic E-state index is 0.670. The first-order chi connectivity index (χ1) is 8.83. The number of fused-ring (bicyclic) bond motifs is 1. The summed E-state index contributed by atoms with van der Waals surface area (Å²) in [5, 5.41) is 0. The third-order valence-corrected chi connectivity index (χ3v) is 5.20. The lowest BCUT2D eigenvalue weighted by Gasteiger charge is -2.04. The molecular weight excluding hydrogens is 288 g/mol. The van der Waals surface area contributed by atoms with Crippen LogP contribution >= 0.6 is 15.9 Å². The Kier molecular flexibility index (Phi) is 2.51. The molecule has 2 aliphatic rings. The Morgan fingerprint density at radius 3 is 2.61 bits per heavy atom. The fourth-order valence-corrected chi connectivity index (χ4v) is 3.89. The zero-order valence-electron chi connectivity index (χ0n) is 10.4. The van der Waals surface area contributed by atoms with E-state index in [1.54, 1.807) is 0 Å². The molecule has 2 aromatic rings. The van der Waals surface area contributed by atoms with Gasteiger partial charge in [-0.15, -0.1) is 0 Å². The average Bonchev–Trinajstić information content (AvgIpc) is 3.00. The normalized spacial score (nSPS) is 20.9. The van der Waals surface area contributed by atoms with Crippen LogP contribution in [0.5, 0.6) is 0 Å². The maximum absolute atomic E-state index is 4.88. The van der Waals surface area contributed by atoms with Gasteiger partial charge in [0.1, 0.15) is 10.3 Å². The molecule has 2 saturated carbocycles. The van der Waals surface area contributed by atoms with Crippen molar-refractivity contribution in [2.75, 3.05) is 0 Å². The van der Waals surface area contributed by atoms with Gasteiger partial charge in [-0.2, -0.15) is 0 Å². The summed E-state index contributed by atoms with van der Waals surface area (Å²) < 4.78 is 3.37. The standard InChI is InChI=1S/C15H17BrN2/c16-15-14(11-3-1-2-4-11)17-13-9-12(10-5-6-10)7-8-18(13)15/h7-11H,1-6H2. The average molecular weight is 305 g/mol. The van der Waals surface area contributed by atoms with E-state index >= 15 is 0 Å². The van der Waals surface area contributed by atoms with Gasteiger partial charge in [-0.3, -0.25) is 4.40 Å². The first-order valence-corrected chi connectivity index (χ1v) is 7.79. The molecule has 3 heteroatoms. The van der Waals surface area contributed by atoms with Gasteiger partial charge in [0.05, 0.1) is 5.69 Å². The van der Waals surface area contributed by atoms with Crippen molar-refractivity contribution in [2.24, 2.45) is 0 Å². The van der Waals surface area contributed by atoms with Crippen molar-refractivity contribution in [3.8, 4) is 0 Å². The summed E-state index contributed by atoms with van der Waals surface area (Å²) in [6.07, 6.45) is 10.2. The largest absolute Gasteiger partial charge is 0.294 e. The highest BCUT2D eigenvalue weighted by atomic mass is 79.9. The Bertz CT molecular complexity index is 592. The van der Waals surface area contributed by atoms with Crippen LogP contribution in [0.15, 0.2) is 22.9 Å². The molecular formula is C15H17BrN2. The smallest absolute Gasteiger partial charge is 0.138 e. The van der Waals surface area contributed by atoms with Crippen LogP contribution in [0.3, 0.4) is 0 Å². The highest BCUT2D eigenvalue weighted by molar-refractivity contribution is 9.10. The van der Waals surface area contributed by atoms with Crippen LogP contribution in [-0.2, 0) is 0 Å². The van der Waals surface area contributed by atoms with E-state index in [0.29, 0.717) is 5.92 Å². The molecule has 0 aliphatic heterocycles. The second-order valence-electron chi connectivity index (χ2n) is 5.73. The molecule has 2 fully saturated rings. The predicted octanol–water partition coefficient (Wildman–Crippen LogP) is 4.63. The molecule has 18 heavy (non-hydrogen) atoms. The van der Waals surface area contributed by atoms with Gasteiger partial charge >= 0.3 is 0 Å². The van der Waals surface area contributed by atoms with Crippen molar-refractivity contribution in [2.45, 2.75) is 50.4 Å². The zero-order chi connectivity index (χ0) is 12.1. The Balaban J connectivity index is 1.81. The lowest BCUT2D eigenvalue weighted by Crippen LogP contribution is -1.93. The summed E-state index contributed by atoms with van der Waals surface area (Å²) in [4.78, 5) is 4.88. The first-order valence-electron chi connectivity index (χ1n) is 7.00. The Labute approximate surface area is 116 Å². The van der Waals surface area contributed by atoms with Crippen LogP contribution in [-0.4, -0.2) is 9.38 Å². The molecule has 0 amide bonds. The summed E-state index contributed by atoms with van der Waals surface area (Å²) in [5.74, 6) is 1.48. The number of halogens is 1. The number of pyridine rings is 1. The quantitative estimate of drug-likeness (QED) is 0.790. The monoisotopic (exact) mass is 304 g/mol. The van der Waals surface area contributed by atoms with Gasteiger partial charge in [0.2, 0.25) is 0 Å². The third kappa shape index (κ3) is 1.71. The van der Waals surface area contributed by atoms with Gasteiger partial charge in [0.15, 0.2) is 0 Å². The fraction of sp³-hybridized carbons (Fsp3) is 0.533. The van der Waals surface area contributed by atoms with E-state index < -0.39 is 0 Å². The van der Waals surface area contributed by atoms with Gasteiger partial charge in [0.25, 0.3) is 0 Å². The molecule has 0 N–H and O–H groups in total. The minimum Gasteiger partial charge on any atom is -0.294 e. The zero-order valence-corrected chi connectivity index (χ0v) is 12.0. The lowest BCUT2D eigenvalue weighted by atomic mass is 10.1. The highest BCUT2D eigenvalue weighted by Gasteiger charge is 2.26. The molecule has 0 bridgehead atoms. The Hall–Kier alpha value is -0.830. The second-order valence-corrected chi connectivity index (χ2v) is 6.48. The number of hydrogen-bond donors (Lipinski definition) is 0. The topological polar surface area (TPSA) is 17.3 Å². The fourth-order valence-electron chi connectivity index (χ4n) is 3.18. The van der Waals surface area contributed by atoms with Crippen LogP contribution < -0.4 is 0 Å². The SMILES string of the molecule is Brc1c(C2CCCC2)nc2cc(C3CC3)ccn12. The van der Waals surface area contributed by atoms with E-state index in [1.807, 2.05) is 0 Å². The first kappa shape index (κ1) is 11.0. The van der Waals surface area contributed by atoms with Crippen LogP contribution in [0.4, 0.5) is 0 Å². The Morgan fingerprint density at radius 2 is 1.89 bits per heavy atom. The van der Waals surface area contributed by atoms with Crippen LogP contribution in [0.25, 0.3) is 5.65 Å². The van der Waals surface area contributed by atoms with Crippen molar-refractivity contribution in [3.63, 3.8) is 0 Å². The molecule has 0 atom stereocenters. The maximum Gasteiger partial charge on any atom is 0.138 e. The molecule has 0 saturated heterocycles. The van der Waals surface area contributed by atoms with Crippen molar-refractivity contribution in [3.05, 3.63) is 34.2 Å². The summed E-state index contributed by atoms with van der Waals surface area (Å²) in [6, 6.07) is 4.54. The van der Waals surface area contributed by atoms with Crippen molar-refractivity contribution >= 4 is 21.6 Å². The van der Waals surface area contributed by atoms with Crippen LogP contribution in [0.2, 0.25) is 0 Å².